The Morgan fingerprint density at radius 1 is 1.47 bits per heavy atom. The summed E-state index contributed by atoms with van der Waals surface area (Å²) in [5.74, 6) is -0.326. The van der Waals surface area contributed by atoms with Crippen molar-refractivity contribution in [2.75, 3.05) is 6.61 Å². The zero-order valence-electron chi connectivity index (χ0n) is 10.7. The van der Waals surface area contributed by atoms with E-state index in [1.54, 1.807) is 13.0 Å². The van der Waals surface area contributed by atoms with Crippen molar-refractivity contribution >= 4 is 17.0 Å². The van der Waals surface area contributed by atoms with E-state index in [0.717, 1.165) is 16.6 Å². The number of hydrogen-bond acceptors (Lipinski definition) is 3. The highest BCUT2D eigenvalue weighted by atomic mass is 16.5. The zero-order valence-corrected chi connectivity index (χ0v) is 10.7. The molecule has 0 amide bonds. The molecular weight excluding hydrogens is 216 g/mol. The second-order valence-corrected chi connectivity index (χ2v) is 3.31. The van der Waals surface area contributed by atoms with Crippen LogP contribution in [0, 0.1) is 6.92 Å². The van der Waals surface area contributed by atoms with E-state index in [2.05, 4.69) is 9.97 Å². The lowest BCUT2D eigenvalue weighted by atomic mass is 10.2. The summed E-state index contributed by atoms with van der Waals surface area (Å²) >= 11 is 0. The molecule has 0 bridgehead atoms. The SMILES string of the molecule is CC.CCOC(=O)c1cnc2[nH]cc(C)c2c1. The molecule has 0 aliphatic heterocycles. The normalized spacial score (nSPS) is 9.65. The summed E-state index contributed by atoms with van der Waals surface area (Å²) in [6.45, 7) is 8.13. The monoisotopic (exact) mass is 234 g/mol. The number of carbonyl (C=O) groups is 1. The fourth-order valence-corrected chi connectivity index (χ4v) is 1.46. The van der Waals surface area contributed by atoms with Gasteiger partial charge >= 0.3 is 5.97 Å². The van der Waals surface area contributed by atoms with Gasteiger partial charge in [0.2, 0.25) is 0 Å². The first-order chi connectivity index (χ1) is 8.22. The minimum atomic E-state index is -0.326. The molecule has 0 atom stereocenters. The lowest BCUT2D eigenvalue weighted by molar-refractivity contribution is 0.0526. The molecule has 92 valence electrons. The Morgan fingerprint density at radius 3 is 2.82 bits per heavy atom. The highest BCUT2D eigenvalue weighted by Gasteiger charge is 2.09. The van der Waals surface area contributed by atoms with Crippen molar-refractivity contribution in [2.24, 2.45) is 0 Å². The number of esters is 1. The maximum absolute atomic E-state index is 11.4. The topological polar surface area (TPSA) is 55.0 Å². The molecule has 0 aromatic carbocycles. The maximum atomic E-state index is 11.4. The number of aromatic nitrogens is 2. The van der Waals surface area contributed by atoms with Crippen LogP contribution >= 0.6 is 0 Å². The van der Waals surface area contributed by atoms with E-state index in [1.165, 1.54) is 6.20 Å². The molecular formula is C13H18N2O2. The third-order valence-electron chi connectivity index (χ3n) is 2.25. The first-order valence-corrected chi connectivity index (χ1v) is 5.83. The molecule has 0 fully saturated rings. The van der Waals surface area contributed by atoms with Crippen molar-refractivity contribution in [3.63, 3.8) is 0 Å². The number of H-pyrrole nitrogens is 1. The van der Waals surface area contributed by atoms with Gasteiger partial charge in [0.05, 0.1) is 12.2 Å². The highest BCUT2D eigenvalue weighted by Crippen LogP contribution is 2.16. The van der Waals surface area contributed by atoms with Crippen LogP contribution in [0.5, 0.6) is 0 Å². The number of hydrogen-bond donors (Lipinski definition) is 1. The van der Waals surface area contributed by atoms with E-state index in [4.69, 9.17) is 4.74 Å². The van der Waals surface area contributed by atoms with Gasteiger partial charge in [-0.25, -0.2) is 9.78 Å². The van der Waals surface area contributed by atoms with Crippen molar-refractivity contribution in [3.8, 4) is 0 Å². The van der Waals surface area contributed by atoms with Crippen LogP contribution < -0.4 is 0 Å². The summed E-state index contributed by atoms with van der Waals surface area (Å²) < 4.78 is 4.90. The van der Waals surface area contributed by atoms with Gasteiger partial charge in [0.15, 0.2) is 0 Å². The van der Waals surface area contributed by atoms with Crippen LogP contribution in [0.2, 0.25) is 0 Å². The quantitative estimate of drug-likeness (QED) is 0.812. The van der Waals surface area contributed by atoms with Crippen LogP contribution in [0.15, 0.2) is 18.5 Å². The largest absolute Gasteiger partial charge is 0.462 e. The molecule has 4 heteroatoms. The third kappa shape index (κ3) is 2.84. The zero-order chi connectivity index (χ0) is 12.8. The average Bonchev–Trinajstić information content (AvgIpc) is 2.73. The standard InChI is InChI=1S/C11H12N2O2.C2H6/c1-3-15-11(14)8-4-9-7(2)5-12-10(9)13-6-8;1-2/h4-6H,3H2,1-2H3,(H,12,13);1-2H3. The molecule has 2 rings (SSSR count). The van der Waals surface area contributed by atoms with Crippen LogP contribution in [-0.2, 0) is 4.74 Å². The van der Waals surface area contributed by atoms with Gasteiger partial charge < -0.3 is 9.72 Å². The summed E-state index contributed by atoms with van der Waals surface area (Å²) in [6.07, 6.45) is 3.39. The van der Waals surface area contributed by atoms with E-state index in [0.29, 0.717) is 12.2 Å². The smallest absolute Gasteiger partial charge is 0.339 e. The van der Waals surface area contributed by atoms with Gasteiger partial charge in [-0.1, -0.05) is 13.8 Å². The number of aromatic amines is 1. The van der Waals surface area contributed by atoms with Crippen molar-refractivity contribution in [1.29, 1.82) is 0 Å². The number of carbonyl (C=O) groups excluding carboxylic acids is 1. The molecule has 0 spiro atoms. The van der Waals surface area contributed by atoms with Crippen molar-refractivity contribution < 1.29 is 9.53 Å². The number of nitrogens with one attached hydrogen (secondary N) is 1. The Morgan fingerprint density at radius 2 is 2.18 bits per heavy atom. The van der Waals surface area contributed by atoms with Gasteiger partial charge in [-0.3, -0.25) is 0 Å². The van der Waals surface area contributed by atoms with E-state index in [9.17, 15) is 4.79 Å². The summed E-state index contributed by atoms with van der Waals surface area (Å²) in [6, 6.07) is 1.80. The summed E-state index contributed by atoms with van der Waals surface area (Å²) in [7, 11) is 0. The fraction of sp³-hybridized carbons (Fsp3) is 0.385. The van der Waals surface area contributed by atoms with Crippen molar-refractivity contribution in [3.05, 3.63) is 29.6 Å². The third-order valence-corrected chi connectivity index (χ3v) is 2.25. The summed E-state index contributed by atoms with van der Waals surface area (Å²) in [4.78, 5) is 18.6. The number of ether oxygens (including phenoxy) is 1. The summed E-state index contributed by atoms with van der Waals surface area (Å²) in [5.41, 5.74) is 2.36. The molecule has 1 N–H and O–H groups in total. The van der Waals surface area contributed by atoms with Crippen LogP contribution in [-0.4, -0.2) is 22.5 Å². The molecule has 0 aliphatic rings. The van der Waals surface area contributed by atoms with E-state index >= 15 is 0 Å². The molecule has 2 aromatic heterocycles. The second kappa shape index (κ2) is 6.03. The molecule has 2 heterocycles. The van der Waals surface area contributed by atoms with Gasteiger partial charge in [0.1, 0.15) is 5.65 Å². The highest BCUT2D eigenvalue weighted by molar-refractivity contribution is 5.93. The first kappa shape index (κ1) is 13.2. The Kier molecular flexibility index (Phi) is 4.69. The van der Waals surface area contributed by atoms with Crippen LogP contribution in [0.1, 0.15) is 36.7 Å². The van der Waals surface area contributed by atoms with Crippen LogP contribution in [0.3, 0.4) is 0 Å². The van der Waals surface area contributed by atoms with E-state index in [1.807, 2.05) is 27.0 Å². The maximum Gasteiger partial charge on any atom is 0.339 e. The molecule has 0 saturated carbocycles. The molecule has 0 unspecified atom stereocenters. The molecule has 0 saturated heterocycles. The fourth-order valence-electron chi connectivity index (χ4n) is 1.46. The predicted molar refractivity (Wildman–Crippen MR) is 68.1 cm³/mol. The van der Waals surface area contributed by atoms with Gasteiger partial charge in [-0.2, -0.15) is 0 Å². The van der Waals surface area contributed by atoms with Gasteiger partial charge in [-0.05, 0) is 25.5 Å². The first-order valence-electron chi connectivity index (χ1n) is 5.83. The second-order valence-electron chi connectivity index (χ2n) is 3.31. The van der Waals surface area contributed by atoms with Gasteiger partial charge in [0, 0.05) is 17.8 Å². The predicted octanol–water partition coefficient (Wildman–Crippen LogP) is 3.07. The molecule has 2 aromatic rings. The lowest BCUT2D eigenvalue weighted by Crippen LogP contribution is -2.04. The molecule has 0 aliphatic carbocycles. The van der Waals surface area contributed by atoms with Crippen molar-refractivity contribution in [1.82, 2.24) is 9.97 Å². The van der Waals surface area contributed by atoms with Gasteiger partial charge in [-0.15, -0.1) is 0 Å². The number of nitrogens with zero attached hydrogens (tertiary/aromatic N) is 1. The Labute approximate surface area is 101 Å². The van der Waals surface area contributed by atoms with E-state index < -0.39 is 0 Å². The Bertz CT molecular complexity index is 503. The van der Waals surface area contributed by atoms with Gasteiger partial charge in [0.25, 0.3) is 0 Å². The van der Waals surface area contributed by atoms with Crippen LogP contribution in [0.25, 0.3) is 11.0 Å². The minimum Gasteiger partial charge on any atom is -0.462 e. The minimum absolute atomic E-state index is 0.326. The van der Waals surface area contributed by atoms with Crippen LogP contribution in [0.4, 0.5) is 0 Å². The van der Waals surface area contributed by atoms with Crippen molar-refractivity contribution in [2.45, 2.75) is 27.7 Å². The Balaban J connectivity index is 0.000000686. The Hall–Kier alpha value is -1.84. The molecule has 4 nitrogen and oxygen atoms in total. The number of rotatable bonds is 2. The number of aryl methyl sites for hydroxylation is 1. The molecule has 17 heavy (non-hydrogen) atoms. The average molecular weight is 234 g/mol. The number of pyridine rings is 1. The van der Waals surface area contributed by atoms with E-state index in [-0.39, 0.29) is 5.97 Å². The number of fused-ring (bicyclic) bond motifs is 1. The summed E-state index contributed by atoms with van der Waals surface area (Å²) in [5, 5.41) is 0.959. The lowest BCUT2D eigenvalue weighted by Gasteiger charge is -2.01. The molecule has 0 radical (unpaired) electrons.